The molecule has 1 aliphatic rings. The van der Waals surface area contributed by atoms with Crippen LogP contribution in [-0.2, 0) is 15.6 Å². The Morgan fingerprint density at radius 3 is 2.74 bits per heavy atom. The Bertz CT molecular complexity index is 529. The Kier molecular flexibility index (Phi) is 4.42. The Morgan fingerprint density at radius 2 is 2.11 bits per heavy atom. The van der Waals surface area contributed by atoms with E-state index in [4.69, 9.17) is 0 Å². The molecular formula is C13H15NO4S. The zero-order valence-electron chi connectivity index (χ0n) is 10.4. The lowest BCUT2D eigenvalue weighted by atomic mass is 10.1. The third kappa shape index (κ3) is 3.26. The smallest absolute Gasteiger partial charge is 0.285 e. The topological polar surface area (TPSA) is 77.3 Å². The molecule has 1 aromatic rings. The van der Waals surface area contributed by atoms with Crippen LogP contribution in [0, 0.1) is 16.0 Å². The van der Waals surface area contributed by atoms with Gasteiger partial charge in [0.1, 0.15) is 10.7 Å². The Balaban J connectivity index is 2.04. The van der Waals surface area contributed by atoms with Gasteiger partial charge in [0.05, 0.1) is 15.7 Å². The molecule has 0 N–H and O–H groups in total. The molecule has 0 amide bonds. The van der Waals surface area contributed by atoms with Crippen LogP contribution in [0.5, 0.6) is 0 Å². The summed E-state index contributed by atoms with van der Waals surface area (Å²) < 4.78 is 12.1. The van der Waals surface area contributed by atoms with Gasteiger partial charge in [-0.1, -0.05) is 12.1 Å². The minimum absolute atomic E-state index is 0.00767. The highest BCUT2D eigenvalue weighted by Crippen LogP contribution is 2.27. The fourth-order valence-corrected chi connectivity index (χ4v) is 3.68. The molecule has 0 aliphatic heterocycles. The highest BCUT2D eigenvalue weighted by molar-refractivity contribution is 7.85. The van der Waals surface area contributed by atoms with Crippen molar-refractivity contribution in [2.75, 3.05) is 5.75 Å². The molecule has 6 heteroatoms. The van der Waals surface area contributed by atoms with Crippen LogP contribution in [0.15, 0.2) is 29.2 Å². The average molecular weight is 281 g/mol. The zero-order chi connectivity index (χ0) is 13.8. The van der Waals surface area contributed by atoms with Crippen LogP contribution in [0.4, 0.5) is 5.69 Å². The molecule has 0 saturated heterocycles. The molecule has 5 nitrogen and oxygen atoms in total. The van der Waals surface area contributed by atoms with Crippen molar-refractivity contribution in [3.63, 3.8) is 0 Å². The first kappa shape index (κ1) is 13.9. The van der Waals surface area contributed by atoms with Gasteiger partial charge in [0.15, 0.2) is 0 Å². The second-order valence-electron chi connectivity index (χ2n) is 4.62. The molecule has 19 heavy (non-hydrogen) atoms. The minimum atomic E-state index is -1.42. The molecule has 1 saturated carbocycles. The molecular weight excluding hydrogens is 266 g/mol. The summed E-state index contributed by atoms with van der Waals surface area (Å²) in [5.41, 5.74) is -0.112. The molecule has 1 fully saturated rings. The van der Waals surface area contributed by atoms with Crippen molar-refractivity contribution in [1.29, 1.82) is 0 Å². The number of ketones is 1. The summed E-state index contributed by atoms with van der Waals surface area (Å²) in [5.74, 6) is 0.535. The molecule has 102 valence electrons. The predicted octanol–water partition coefficient (Wildman–Crippen LogP) is 2.46. The molecule has 0 aromatic heterocycles. The van der Waals surface area contributed by atoms with Gasteiger partial charge in [-0.15, -0.1) is 0 Å². The van der Waals surface area contributed by atoms with E-state index in [1.54, 1.807) is 12.1 Å². The highest BCUT2D eigenvalue weighted by Gasteiger charge is 2.26. The van der Waals surface area contributed by atoms with Crippen molar-refractivity contribution >= 4 is 22.3 Å². The first-order valence-electron chi connectivity index (χ1n) is 6.24. The van der Waals surface area contributed by atoms with Crippen LogP contribution in [0.25, 0.3) is 0 Å². The Labute approximate surface area is 113 Å². The predicted molar refractivity (Wildman–Crippen MR) is 71.3 cm³/mol. The highest BCUT2D eigenvalue weighted by atomic mass is 32.2. The number of hydrogen-bond acceptors (Lipinski definition) is 4. The lowest BCUT2D eigenvalue weighted by Crippen LogP contribution is -2.11. The van der Waals surface area contributed by atoms with Crippen molar-refractivity contribution in [3.8, 4) is 0 Å². The first-order chi connectivity index (χ1) is 9.09. The maximum atomic E-state index is 12.1. The second-order valence-corrected chi connectivity index (χ2v) is 6.16. The van der Waals surface area contributed by atoms with Crippen LogP contribution in [0.1, 0.15) is 25.7 Å². The van der Waals surface area contributed by atoms with Crippen LogP contribution >= 0.6 is 0 Å². The van der Waals surface area contributed by atoms with Crippen molar-refractivity contribution < 1.29 is 13.9 Å². The monoisotopic (exact) mass is 281 g/mol. The van der Waals surface area contributed by atoms with Crippen LogP contribution in [0.2, 0.25) is 0 Å². The fraction of sp³-hybridized carbons (Fsp3) is 0.462. The van der Waals surface area contributed by atoms with E-state index in [-0.39, 0.29) is 22.3 Å². The van der Waals surface area contributed by atoms with Gasteiger partial charge in [0, 0.05) is 24.2 Å². The van der Waals surface area contributed by atoms with Gasteiger partial charge in [-0.25, -0.2) is 0 Å². The lowest BCUT2D eigenvalue weighted by molar-refractivity contribution is -0.387. The van der Waals surface area contributed by atoms with Gasteiger partial charge < -0.3 is 0 Å². The summed E-state index contributed by atoms with van der Waals surface area (Å²) in [6.45, 7) is 0. The third-order valence-corrected chi connectivity index (χ3v) is 4.83. The van der Waals surface area contributed by atoms with E-state index in [1.165, 1.54) is 12.1 Å². The number of benzene rings is 1. The van der Waals surface area contributed by atoms with Crippen LogP contribution in [0.3, 0.4) is 0 Å². The molecule has 1 aromatic carbocycles. The van der Waals surface area contributed by atoms with Crippen LogP contribution in [-0.4, -0.2) is 20.7 Å². The fourth-order valence-electron chi connectivity index (χ4n) is 2.35. The molecule has 0 radical (unpaired) electrons. The normalized spacial score (nSPS) is 20.4. The number of carbonyl (C=O) groups is 1. The SMILES string of the molecule is O=C1CCCC1CCS(=O)c1ccccc1[N+](=O)[O-]. The molecule has 2 atom stereocenters. The summed E-state index contributed by atoms with van der Waals surface area (Å²) in [4.78, 5) is 22.1. The first-order valence-corrected chi connectivity index (χ1v) is 7.56. The standard InChI is InChI=1S/C13H15NO4S/c15-12-6-3-4-10(12)8-9-19(18)13-7-2-1-5-11(13)14(16)17/h1-2,5,7,10H,3-4,6,8-9H2. The number of hydrogen-bond donors (Lipinski definition) is 0. The quantitative estimate of drug-likeness (QED) is 0.613. The summed E-state index contributed by atoms with van der Waals surface area (Å²) >= 11 is 0. The van der Waals surface area contributed by atoms with Gasteiger partial charge in [-0.2, -0.15) is 0 Å². The second kappa shape index (κ2) is 6.06. The number of nitro benzene ring substituents is 1. The average Bonchev–Trinajstić information content (AvgIpc) is 2.81. The number of nitrogens with zero attached hydrogens (tertiary/aromatic N) is 1. The van der Waals surface area contributed by atoms with E-state index in [1.807, 2.05) is 0 Å². The summed E-state index contributed by atoms with van der Waals surface area (Å²) in [6.07, 6.45) is 2.93. The van der Waals surface area contributed by atoms with Crippen molar-refractivity contribution in [2.24, 2.45) is 5.92 Å². The van der Waals surface area contributed by atoms with E-state index in [0.29, 0.717) is 18.6 Å². The molecule has 2 unspecified atom stereocenters. The van der Waals surface area contributed by atoms with Gasteiger partial charge in [-0.05, 0) is 25.3 Å². The van der Waals surface area contributed by atoms with Gasteiger partial charge in [-0.3, -0.25) is 19.1 Å². The number of para-hydroxylation sites is 1. The van der Waals surface area contributed by atoms with Crippen molar-refractivity contribution in [3.05, 3.63) is 34.4 Å². The van der Waals surface area contributed by atoms with E-state index in [0.717, 1.165) is 12.8 Å². The van der Waals surface area contributed by atoms with E-state index >= 15 is 0 Å². The largest absolute Gasteiger partial charge is 0.299 e. The lowest BCUT2D eigenvalue weighted by Gasteiger charge is -2.07. The van der Waals surface area contributed by atoms with E-state index in [9.17, 15) is 19.1 Å². The number of nitro groups is 1. The van der Waals surface area contributed by atoms with E-state index in [2.05, 4.69) is 0 Å². The van der Waals surface area contributed by atoms with Crippen molar-refractivity contribution in [1.82, 2.24) is 0 Å². The maximum Gasteiger partial charge on any atom is 0.285 e. The number of rotatable bonds is 5. The summed E-state index contributed by atoms with van der Waals surface area (Å²) in [7, 11) is -1.42. The van der Waals surface area contributed by atoms with Crippen LogP contribution < -0.4 is 0 Å². The van der Waals surface area contributed by atoms with Gasteiger partial charge >= 0.3 is 0 Å². The molecule has 0 heterocycles. The zero-order valence-corrected chi connectivity index (χ0v) is 11.2. The molecule has 0 spiro atoms. The summed E-state index contributed by atoms with van der Waals surface area (Å²) in [6, 6.07) is 6.07. The Morgan fingerprint density at radius 1 is 1.37 bits per heavy atom. The molecule has 2 rings (SSSR count). The third-order valence-electron chi connectivity index (χ3n) is 3.39. The number of carbonyl (C=O) groups excluding carboxylic acids is 1. The summed E-state index contributed by atoms with van der Waals surface area (Å²) in [5, 5.41) is 10.9. The molecule has 1 aliphatic carbocycles. The van der Waals surface area contributed by atoms with Gasteiger partial charge in [0.2, 0.25) is 0 Å². The minimum Gasteiger partial charge on any atom is -0.299 e. The van der Waals surface area contributed by atoms with E-state index < -0.39 is 15.7 Å². The molecule has 0 bridgehead atoms. The van der Waals surface area contributed by atoms with Gasteiger partial charge in [0.25, 0.3) is 5.69 Å². The van der Waals surface area contributed by atoms with Crippen molar-refractivity contribution in [2.45, 2.75) is 30.6 Å². The maximum absolute atomic E-state index is 12.1. The Hall–Kier alpha value is -1.56. The number of Topliss-reactive ketones (excluding diaryl/α,β-unsaturated/α-hetero) is 1.